The summed E-state index contributed by atoms with van der Waals surface area (Å²) in [7, 11) is 0. The molecule has 5 rings (SSSR count). The highest BCUT2D eigenvalue weighted by Crippen LogP contribution is 2.37. The van der Waals surface area contributed by atoms with Crippen molar-refractivity contribution in [2.75, 3.05) is 13.1 Å². The Morgan fingerprint density at radius 2 is 1.79 bits per heavy atom. The second-order valence-electron chi connectivity index (χ2n) is 8.33. The molecule has 1 aromatic heterocycles. The highest BCUT2D eigenvalue weighted by atomic mass is 16.2. The van der Waals surface area contributed by atoms with E-state index >= 15 is 0 Å². The number of hydrogen-bond donors (Lipinski definition) is 1. The molecule has 2 heterocycles. The smallest absolute Gasteiger partial charge is 0.255 e. The number of carbonyl (C=O) groups is 2. The first-order valence-corrected chi connectivity index (χ1v) is 11.3. The SMILES string of the molecule is O=C(NCCc1ccccc1)C1c2cccc3cccc(c23)C(=O)N1CCCn1ccnc1. The van der Waals surface area contributed by atoms with Gasteiger partial charge in [-0.3, -0.25) is 9.59 Å². The molecule has 33 heavy (non-hydrogen) atoms. The zero-order valence-electron chi connectivity index (χ0n) is 18.4. The molecule has 0 aliphatic carbocycles. The van der Waals surface area contributed by atoms with Crippen molar-refractivity contribution in [2.24, 2.45) is 0 Å². The maximum atomic E-state index is 13.5. The van der Waals surface area contributed by atoms with Crippen LogP contribution in [0, 0.1) is 0 Å². The lowest BCUT2D eigenvalue weighted by Gasteiger charge is -2.36. The van der Waals surface area contributed by atoms with Gasteiger partial charge in [-0.1, -0.05) is 60.7 Å². The van der Waals surface area contributed by atoms with Gasteiger partial charge in [0.25, 0.3) is 5.91 Å². The van der Waals surface area contributed by atoms with Crippen molar-refractivity contribution in [3.05, 3.63) is 102 Å². The first kappa shape index (κ1) is 20.9. The summed E-state index contributed by atoms with van der Waals surface area (Å²) in [5.74, 6) is -0.225. The van der Waals surface area contributed by atoms with Crippen molar-refractivity contribution in [2.45, 2.75) is 25.4 Å². The van der Waals surface area contributed by atoms with Crippen LogP contribution in [0.25, 0.3) is 10.8 Å². The van der Waals surface area contributed by atoms with Gasteiger partial charge in [-0.15, -0.1) is 0 Å². The average molecular weight is 439 g/mol. The zero-order chi connectivity index (χ0) is 22.6. The predicted octanol–water partition coefficient (Wildman–Crippen LogP) is 3.98. The van der Waals surface area contributed by atoms with Crippen LogP contribution in [0.2, 0.25) is 0 Å². The minimum Gasteiger partial charge on any atom is -0.354 e. The Morgan fingerprint density at radius 1 is 0.970 bits per heavy atom. The van der Waals surface area contributed by atoms with Gasteiger partial charge in [-0.25, -0.2) is 4.98 Å². The van der Waals surface area contributed by atoms with E-state index in [1.165, 1.54) is 5.56 Å². The molecular formula is C27H26N4O2. The molecule has 0 fully saturated rings. The summed E-state index contributed by atoms with van der Waals surface area (Å²) in [6.45, 7) is 1.74. The van der Waals surface area contributed by atoms with Crippen LogP contribution in [0.1, 0.15) is 33.9 Å². The van der Waals surface area contributed by atoms with Gasteiger partial charge in [0.15, 0.2) is 0 Å². The lowest BCUT2D eigenvalue weighted by atomic mass is 9.88. The van der Waals surface area contributed by atoms with Gasteiger partial charge in [0.1, 0.15) is 6.04 Å². The molecule has 1 aliphatic rings. The van der Waals surface area contributed by atoms with Gasteiger partial charge in [0, 0.05) is 43.0 Å². The van der Waals surface area contributed by atoms with E-state index in [0.717, 1.165) is 35.7 Å². The van der Waals surface area contributed by atoms with Crippen LogP contribution in [0.3, 0.4) is 0 Å². The lowest BCUT2D eigenvalue weighted by molar-refractivity contribution is -0.126. The summed E-state index contributed by atoms with van der Waals surface area (Å²) in [6.07, 6.45) is 6.89. The molecule has 4 aromatic rings. The molecule has 6 nitrogen and oxygen atoms in total. The standard InChI is InChI=1S/C27H26N4O2/c32-26(29-14-13-20-7-2-1-3-8-20)25-22-11-4-9-21-10-5-12-23(24(21)22)27(33)31(25)17-6-16-30-18-15-28-19-30/h1-5,7-12,15,18-19,25H,6,13-14,16-17H2,(H,29,32). The Balaban J connectivity index is 1.40. The Hall–Kier alpha value is -3.93. The number of hydrogen-bond acceptors (Lipinski definition) is 3. The maximum Gasteiger partial charge on any atom is 0.255 e. The van der Waals surface area contributed by atoms with Gasteiger partial charge in [-0.2, -0.15) is 0 Å². The number of nitrogens with one attached hydrogen (secondary N) is 1. The summed E-state index contributed by atoms with van der Waals surface area (Å²) in [6, 6.07) is 21.1. The van der Waals surface area contributed by atoms with E-state index in [1.807, 2.05) is 65.4 Å². The molecule has 1 aliphatic heterocycles. The number of imidazole rings is 1. The fraction of sp³-hybridized carbons (Fsp3) is 0.222. The zero-order valence-corrected chi connectivity index (χ0v) is 18.4. The molecule has 0 saturated carbocycles. The lowest BCUT2D eigenvalue weighted by Crippen LogP contribution is -2.47. The van der Waals surface area contributed by atoms with Crippen molar-refractivity contribution < 1.29 is 9.59 Å². The summed E-state index contributed by atoms with van der Waals surface area (Å²) in [5, 5.41) is 4.95. The van der Waals surface area contributed by atoms with Gasteiger partial charge in [0.05, 0.1) is 6.33 Å². The van der Waals surface area contributed by atoms with Gasteiger partial charge < -0.3 is 14.8 Å². The first-order valence-electron chi connectivity index (χ1n) is 11.3. The van der Waals surface area contributed by atoms with Crippen molar-refractivity contribution in [3.8, 4) is 0 Å². The molecule has 6 heteroatoms. The molecule has 0 saturated heterocycles. The van der Waals surface area contributed by atoms with E-state index < -0.39 is 6.04 Å². The number of carbonyl (C=O) groups excluding carboxylic acids is 2. The van der Waals surface area contributed by atoms with E-state index in [9.17, 15) is 9.59 Å². The first-order chi connectivity index (χ1) is 16.2. The topological polar surface area (TPSA) is 67.2 Å². The summed E-state index contributed by atoms with van der Waals surface area (Å²) in [4.78, 5) is 32.8. The van der Waals surface area contributed by atoms with Gasteiger partial charge >= 0.3 is 0 Å². The normalized spacial score (nSPS) is 15.1. The van der Waals surface area contributed by atoms with E-state index in [1.54, 1.807) is 17.4 Å². The fourth-order valence-electron chi connectivity index (χ4n) is 4.64. The van der Waals surface area contributed by atoms with Crippen molar-refractivity contribution in [1.29, 1.82) is 0 Å². The van der Waals surface area contributed by atoms with E-state index in [2.05, 4.69) is 22.4 Å². The van der Waals surface area contributed by atoms with Crippen LogP contribution in [0.15, 0.2) is 85.5 Å². The Morgan fingerprint density at radius 3 is 2.58 bits per heavy atom. The van der Waals surface area contributed by atoms with Crippen LogP contribution in [0.4, 0.5) is 0 Å². The van der Waals surface area contributed by atoms with Crippen LogP contribution in [-0.2, 0) is 17.8 Å². The van der Waals surface area contributed by atoms with Crippen molar-refractivity contribution in [3.63, 3.8) is 0 Å². The minimum atomic E-state index is -0.644. The van der Waals surface area contributed by atoms with Crippen LogP contribution >= 0.6 is 0 Å². The summed E-state index contributed by atoms with van der Waals surface area (Å²) >= 11 is 0. The van der Waals surface area contributed by atoms with Crippen LogP contribution in [0.5, 0.6) is 0 Å². The highest BCUT2D eigenvalue weighted by Gasteiger charge is 2.37. The van der Waals surface area contributed by atoms with Crippen molar-refractivity contribution in [1.82, 2.24) is 19.8 Å². The third kappa shape index (κ3) is 4.24. The summed E-state index contributed by atoms with van der Waals surface area (Å²) in [5.41, 5.74) is 2.73. The molecule has 1 N–H and O–H groups in total. The van der Waals surface area contributed by atoms with Crippen LogP contribution < -0.4 is 5.32 Å². The Kier molecular flexibility index (Phi) is 5.89. The number of benzene rings is 3. The fourth-order valence-corrected chi connectivity index (χ4v) is 4.64. The largest absolute Gasteiger partial charge is 0.354 e. The average Bonchev–Trinajstić information content (AvgIpc) is 3.36. The Labute approximate surface area is 192 Å². The highest BCUT2D eigenvalue weighted by molar-refractivity contribution is 6.13. The van der Waals surface area contributed by atoms with E-state index in [4.69, 9.17) is 0 Å². The number of aryl methyl sites for hydroxylation is 1. The number of rotatable bonds is 8. The van der Waals surface area contributed by atoms with E-state index in [0.29, 0.717) is 18.7 Å². The monoisotopic (exact) mass is 438 g/mol. The quantitative estimate of drug-likeness (QED) is 0.452. The molecule has 3 aromatic carbocycles. The third-order valence-electron chi connectivity index (χ3n) is 6.21. The predicted molar refractivity (Wildman–Crippen MR) is 128 cm³/mol. The second kappa shape index (κ2) is 9.28. The number of aromatic nitrogens is 2. The van der Waals surface area contributed by atoms with Gasteiger partial charge in [0.2, 0.25) is 5.91 Å². The molecule has 166 valence electrons. The molecule has 2 amide bonds. The number of amides is 2. The maximum absolute atomic E-state index is 13.5. The molecule has 0 spiro atoms. The molecule has 1 unspecified atom stereocenters. The number of nitrogens with zero attached hydrogens (tertiary/aromatic N) is 3. The molecule has 0 radical (unpaired) electrons. The second-order valence-corrected chi connectivity index (χ2v) is 8.33. The molecule has 0 bridgehead atoms. The third-order valence-corrected chi connectivity index (χ3v) is 6.21. The summed E-state index contributed by atoms with van der Waals surface area (Å²) < 4.78 is 1.98. The van der Waals surface area contributed by atoms with Crippen molar-refractivity contribution >= 4 is 22.6 Å². The molecule has 1 atom stereocenters. The van der Waals surface area contributed by atoms with Gasteiger partial charge in [-0.05, 0) is 35.4 Å². The molecular weight excluding hydrogens is 412 g/mol. The van der Waals surface area contributed by atoms with Crippen LogP contribution in [-0.4, -0.2) is 39.4 Å². The van der Waals surface area contributed by atoms with E-state index in [-0.39, 0.29) is 11.8 Å². The minimum absolute atomic E-state index is 0.0897. The Bertz CT molecular complexity index is 1260.